The van der Waals surface area contributed by atoms with E-state index in [0.29, 0.717) is 38.6 Å². The summed E-state index contributed by atoms with van der Waals surface area (Å²) in [6, 6.07) is 14.4. The summed E-state index contributed by atoms with van der Waals surface area (Å²) in [6.45, 7) is 0. The number of nitrogens with zero attached hydrogens (tertiary/aromatic N) is 3. The molecule has 0 atom stereocenters. The fourth-order valence-electron chi connectivity index (χ4n) is 2.28. The van der Waals surface area contributed by atoms with Crippen molar-refractivity contribution in [1.29, 1.82) is 0 Å². The van der Waals surface area contributed by atoms with Crippen LogP contribution in [0.25, 0.3) is 22.4 Å². The lowest BCUT2D eigenvalue weighted by Gasteiger charge is -2.00. The first-order valence-corrected chi connectivity index (χ1v) is 8.75. The van der Waals surface area contributed by atoms with E-state index < -0.39 is 0 Å². The van der Waals surface area contributed by atoms with Crippen LogP contribution in [0.3, 0.4) is 0 Å². The molecule has 2 heterocycles. The average molecular weight is 371 g/mol. The normalized spacial score (nSPS) is 11.1. The maximum Gasteiger partial charge on any atom is 0.259 e. The molecule has 1 N–H and O–H groups in total. The summed E-state index contributed by atoms with van der Waals surface area (Å²) in [4.78, 5) is 19.2. The van der Waals surface area contributed by atoms with E-state index in [9.17, 15) is 4.79 Å². The first-order chi connectivity index (χ1) is 12.2. The maximum absolute atomic E-state index is 12.1. The van der Waals surface area contributed by atoms with E-state index in [1.54, 1.807) is 24.3 Å². The smallest absolute Gasteiger partial charge is 0.259 e. The molecule has 4 rings (SSSR count). The zero-order valence-electron chi connectivity index (χ0n) is 12.8. The van der Waals surface area contributed by atoms with Crippen molar-refractivity contribution in [3.05, 3.63) is 69.8 Å². The summed E-state index contributed by atoms with van der Waals surface area (Å²) < 4.78 is 5.64. The number of rotatable bonds is 4. The molecule has 8 heteroatoms. The van der Waals surface area contributed by atoms with Crippen molar-refractivity contribution < 1.29 is 4.42 Å². The van der Waals surface area contributed by atoms with Gasteiger partial charge in [0.15, 0.2) is 5.16 Å². The molecule has 4 aromatic rings. The fourth-order valence-corrected chi connectivity index (χ4v) is 3.12. The molecule has 0 saturated heterocycles. The van der Waals surface area contributed by atoms with Gasteiger partial charge in [-0.25, -0.2) is 4.98 Å². The number of fused-ring (bicyclic) bond motifs is 1. The molecule has 0 amide bonds. The molecule has 124 valence electrons. The van der Waals surface area contributed by atoms with Gasteiger partial charge in [-0.3, -0.25) is 4.79 Å². The zero-order valence-corrected chi connectivity index (χ0v) is 14.3. The summed E-state index contributed by atoms with van der Waals surface area (Å²) in [7, 11) is 0. The minimum Gasteiger partial charge on any atom is -0.420 e. The summed E-state index contributed by atoms with van der Waals surface area (Å²) in [5, 5.41) is 9.77. The molecule has 0 spiro atoms. The van der Waals surface area contributed by atoms with Crippen molar-refractivity contribution in [2.45, 2.75) is 10.9 Å². The lowest BCUT2D eigenvalue weighted by Crippen LogP contribution is -2.08. The molecule has 6 nitrogen and oxygen atoms in total. The Labute approximate surface area is 151 Å². The van der Waals surface area contributed by atoms with Gasteiger partial charge in [0.25, 0.3) is 5.56 Å². The summed E-state index contributed by atoms with van der Waals surface area (Å²) in [5.41, 5.74) is 1.28. The number of aromatic amines is 1. The largest absolute Gasteiger partial charge is 0.420 e. The predicted octanol–water partition coefficient (Wildman–Crippen LogP) is 3.92. The van der Waals surface area contributed by atoms with Crippen LogP contribution in [-0.4, -0.2) is 20.2 Å². The van der Waals surface area contributed by atoms with Gasteiger partial charge in [0.1, 0.15) is 0 Å². The molecule has 2 aromatic heterocycles. The van der Waals surface area contributed by atoms with E-state index in [2.05, 4.69) is 20.2 Å². The van der Waals surface area contributed by atoms with Crippen molar-refractivity contribution in [2.24, 2.45) is 0 Å². The molecule has 0 unspecified atom stereocenters. The molecule has 0 fully saturated rings. The Hall–Kier alpha value is -2.64. The molecule has 0 radical (unpaired) electrons. The minimum atomic E-state index is -0.166. The van der Waals surface area contributed by atoms with Gasteiger partial charge in [-0.15, -0.1) is 10.2 Å². The molecular weight excluding hydrogens is 360 g/mol. The second-order valence-corrected chi connectivity index (χ2v) is 6.59. The van der Waals surface area contributed by atoms with E-state index in [-0.39, 0.29) is 5.56 Å². The summed E-state index contributed by atoms with van der Waals surface area (Å²) in [5.74, 6) is 1.28. The fraction of sp³-hybridized carbons (Fsp3) is 0.0588. The third-order valence-corrected chi connectivity index (χ3v) is 4.59. The van der Waals surface area contributed by atoms with Gasteiger partial charge >= 0.3 is 0 Å². The first kappa shape index (κ1) is 15.9. The number of hydrogen-bond acceptors (Lipinski definition) is 6. The van der Waals surface area contributed by atoms with Crippen LogP contribution in [0, 0.1) is 0 Å². The van der Waals surface area contributed by atoms with Gasteiger partial charge in [-0.1, -0.05) is 35.5 Å². The van der Waals surface area contributed by atoms with Gasteiger partial charge in [-0.2, -0.15) is 0 Å². The second-order valence-electron chi connectivity index (χ2n) is 5.18. The maximum atomic E-state index is 12.1. The number of benzene rings is 2. The Bertz CT molecular complexity index is 1090. The van der Waals surface area contributed by atoms with E-state index in [1.165, 1.54) is 11.8 Å². The van der Waals surface area contributed by atoms with E-state index in [4.69, 9.17) is 16.0 Å². The quantitative estimate of drug-likeness (QED) is 0.433. The highest BCUT2D eigenvalue weighted by molar-refractivity contribution is 7.98. The summed E-state index contributed by atoms with van der Waals surface area (Å²) >= 11 is 7.20. The Balaban J connectivity index is 1.52. The molecule has 0 aliphatic heterocycles. The molecule has 2 aromatic carbocycles. The molecule has 0 aliphatic carbocycles. The highest BCUT2D eigenvalue weighted by Gasteiger charge is 2.10. The average Bonchev–Trinajstić information content (AvgIpc) is 3.10. The van der Waals surface area contributed by atoms with Crippen molar-refractivity contribution in [3.8, 4) is 11.5 Å². The predicted molar refractivity (Wildman–Crippen MR) is 96.7 cm³/mol. The van der Waals surface area contributed by atoms with Gasteiger partial charge in [0, 0.05) is 10.6 Å². The lowest BCUT2D eigenvalue weighted by molar-refractivity contribution is 0.528. The number of thioether (sulfide) groups is 1. The molecule has 0 saturated carbocycles. The Morgan fingerprint density at radius 3 is 2.72 bits per heavy atom. The van der Waals surface area contributed by atoms with Gasteiger partial charge in [0.05, 0.1) is 16.7 Å². The van der Waals surface area contributed by atoms with Crippen molar-refractivity contribution in [2.75, 3.05) is 0 Å². The van der Waals surface area contributed by atoms with Crippen molar-refractivity contribution in [1.82, 2.24) is 20.2 Å². The number of aromatic nitrogens is 4. The minimum absolute atomic E-state index is 0.166. The van der Waals surface area contributed by atoms with Crippen molar-refractivity contribution >= 4 is 34.3 Å². The second kappa shape index (κ2) is 6.70. The third kappa shape index (κ3) is 3.42. The highest BCUT2D eigenvalue weighted by Crippen LogP contribution is 2.23. The molecule has 25 heavy (non-hydrogen) atoms. The first-order valence-electron chi connectivity index (χ1n) is 7.39. The number of nitrogens with one attached hydrogen (secondary N) is 1. The SMILES string of the molecule is O=c1[nH]c(SCc2nnc(-c3ccc(Cl)cc3)o2)nc2ccccc12. The Morgan fingerprint density at radius 1 is 1.08 bits per heavy atom. The van der Waals surface area contributed by atoms with Crippen LogP contribution >= 0.6 is 23.4 Å². The topological polar surface area (TPSA) is 84.7 Å². The monoisotopic (exact) mass is 370 g/mol. The van der Waals surface area contributed by atoms with Crippen LogP contribution in [-0.2, 0) is 5.75 Å². The third-order valence-electron chi connectivity index (χ3n) is 3.48. The summed E-state index contributed by atoms with van der Waals surface area (Å²) in [6.07, 6.45) is 0. The number of halogens is 1. The van der Waals surface area contributed by atoms with Gasteiger partial charge in [-0.05, 0) is 36.4 Å². The Kier molecular flexibility index (Phi) is 4.25. The number of H-pyrrole nitrogens is 1. The van der Waals surface area contributed by atoms with Gasteiger partial charge < -0.3 is 9.40 Å². The van der Waals surface area contributed by atoms with Crippen LogP contribution in [0.1, 0.15) is 5.89 Å². The van der Waals surface area contributed by atoms with E-state index in [0.717, 1.165) is 5.56 Å². The molecular formula is C17H11ClN4O2S. The van der Waals surface area contributed by atoms with Crippen LogP contribution in [0.15, 0.2) is 62.9 Å². The van der Waals surface area contributed by atoms with Crippen molar-refractivity contribution in [3.63, 3.8) is 0 Å². The Morgan fingerprint density at radius 2 is 1.88 bits per heavy atom. The van der Waals surface area contributed by atoms with E-state index in [1.807, 2.05) is 24.3 Å². The van der Waals surface area contributed by atoms with Crippen LogP contribution < -0.4 is 5.56 Å². The molecule has 0 bridgehead atoms. The van der Waals surface area contributed by atoms with E-state index >= 15 is 0 Å². The highest BCUT2D eigenvalue weighted by atomic mass is 35.5. The number of para-hydroxylation sites is 1. The van der Waals surface area contributed by atoms with Crippen LogP contribution in [0.4, 0.5) is 0 Å². The lowest BCUT2D eigenvalue weighted by atomic mass is 10.2. The number of hydrogen-bond donors (Lipinski definition) is 1. The van der Waals surface area contributed by atoms with Crippen LogP contribution in [0.5, 0.6) is 0 Å². The van der Waals surface area contributed by atoms with Crippen LogP contribution in [0.2, 0.25) is 5.02 Å². The zero-order chi connectivity index (χ0) is 17.2. The standard InChI is InChI=1S/C17H11ClN4O2S/c18-11-7-5-10(6-8-11)16-22-21-14(24-16)9-25-17-19-13-4-2-1-3-12(13)15(23)20-17/h1-8H,9H2,(H,19,20,23). The molecule has 0 aliphatic rings. The van der Waals surface area contributed by atoms with Gasteiger partial charge in [0.2, 0.25) is 11.8 Å².